The minimum atomic E-state index is -0.379. The van der Waals surface area contributed by atoms with Gasteiger partial charge in [0.25, 0.3) is 5.91 Å². The first-order chi connectivity index (χ1) is 14.1. The Morgan fingerprint density at radius 2 is 1.86 bits per heavy atom. The number of halogens is 1. The van der Waals surface area contributed by atoms with Crippen LogP contribution in [0, 0.1) is 11.7 Å². The summed E-state index contributed by atoms with van der Waals surface area (Å²) < 4.78 is 13.1. The fourth-order valence-electron chi connectivity index (χ4n) is 3.43. The van der Waals surface area contributed by atoms with Gasteiger partial charge in [0.05, 0.1) is 11.6 Å². The van der Waals surface area contributed by atoms with Crippen LogP contribution >= 0.6 is 11.3 Å². The number of carbonyl (C=O) groups is 2. The molecule has 1 N–H and O–H groups in total. The molecule has 0 aliphatic carbocycles. The monoisotopic (exact) mass is 409 g/mol. The van der Waals surface area contributed by atoms with Crippen molar-refractivity contribution in [1.82, 2.24) is 9.88 Å². The molecule has 29 heavy (non-hydrogen) atoms. The molecule has 7 heteroatoms. The molecule has 148 valence electrons. The van der Waals surface area contributed by atoms with Crippen molar-refractivity contribution in [2.75, 3.05) is 18.4 Å². The molecule has 0 saturated carbocycles. The van der Waals surface area contributed by atoms with Gasteiger partial charge in [-0.25, -0.2) is 9.37 Å². The number of nitrogens with zero attached hydrogens (tertiary/aromatic N) is 2. The summed E-state index contributed by atoms with van der Waals surface area (Å²) in [6.45, 7) is 0.939. The molecule has 1 unspecified atom stereocenters. The van der Waals surface area contributed by atoms with Crippen LogP contribution in [-0.2, 0) is 4.79 Å². The minimum Gasteiger partial charge on any atom is -0.338 e. The maximum absolute atomic E-state index is 13.1. The molecule has 1 saturated heterocycles. The lowest BCUT2D eigenvalue weighted by Crippen LogP contribution is -2.43. The fourth-order valence-corrected chi connectivity index (χ4v) is 4.15. The van der Waals surface area contributed by atoms with E-state index in [0.29, 0.717) is 23.8 Å². The molecular weight excluding hydrogens is 389 g/mol. The summed E-state index contributed by atoms with van der Waals surface area (Å²) in [5, 5.41) is 5.35. The number of anilines is 1. The molecule has 0 radical (unpaired) electrons. The van der Waals surface area contributed by atoms with E-state index >= 15 is 0 Å². The highest BCUT2D eigenvalue weighted by Crippen LogP contribution is 2.26. The van der Waals surface area contributed by atoms with Crippen LogP contribution in [0.25, 0.3) is 11.3 Å². The first-order valence-corrected chi connectivity index (χ1v) is 10.3. The van der Waals surface area contributed by atoms with Gasteiger partial charge in [0.15, 0.2) is 5.13 Å². The van der Waals surface area contributed by atoms with Crippen LogP contribution in [0.3, 0.4) is 0 Å². The Labute approximate surface area is 172 Å². The van der Waals surface area contributed by atoms with Gasteiger partial charge >= 0.3 is 0 Å². The minimum absolute atomic E-state index is 0.129. The lowest BCUT2D eigenvalue weighted by Gasteiger charge is -2.32. The van der Waals surface area contributed by atoms with E-state index in [9.17, 15) is 14.0 Å². The maximum Gasteiger partial charge on any atom is 0.253 e. The molecule has 0 bridgehead atoms. The van der Waals surface area contributed by atoms with Gasteiger partial charge in [0.1, 0.15) is 5.82 Å². The van der Waals surface area contributed by atoms with Gasteiger partial charge in [-0.05, 0) is 37.1 Å². The van der Waals surface area contributed by atoms with E-state index < -0.39 is 0 Å². The van der Waals surface area contributed by atoms with Crippen molar-refractivity contribution >= 4 is 28.3 Å². The lowest BCUT2D eigenvalue weighted by atomic mass is 9.96. The van der Waals surface area contributed by atoms with Gasteiger partial charge < -0.3 is 10.2 Å². The summed E-state index contributed by atoms with van der Waals surface area (Å²) in [4.78, 5) is 31.6. The number of hydrogen-bond acceptors (Lipinski definition) is 4. The average molecular weight is 409 g/mol. The summed E-state index contributed by atoms with van der Waals surface area (Å²) in [5.74, 6) is -0.980. The van der Waals surface area contributed by atoms with E-state index in [0.717, 1.165) is 24.1 Å². The molecule has 0 spiro atoms. The normalized spacial score (nSPS) is 16.4. The quantitative estimate of drug-likeness (QED) is 0.693. The molecule has 1 aromatic heterocycles. The third-order valence-electron chi connectivity index (χ3n) is 4.97. The predicted molar refractivity (Wildman–Crippen MR) is 111 cm³/mol. The van der Waals surface area contributed by atoms with Gasteiger partial charge in [-0.2, -0.15) is 0 Å². The number of piperidine rings is 1. The number of hydrogen-bond donors (Lipinski definition) is 1. The highest BCUT2D eigenvalue weighted by molar-refractivity contribution is 7.14. The Bertz CT molecular complexity index is 1000. The van der Waals surface area contributed by atoms with E-state index in [1.807, 2.05) is 35.7 Å². The standard InChI is InChI=1S/C22H20FN3O2S/c23-18-10-8-16(9-11-18)21(28)26-12-4-7-17(13-26)20(27)25-22-24-19(14-29-22)15-5-2-1-3-6-15/h1-3,5-6,8-11,14,17H,4,7,12-13H2,(H,24,25,27). The second-order valence-electron chi connectivity index (χ2n) is 6.99. The van der Waals surface area contributed by atoms with Gasteiger partial charge in [-0.1, -0.05) is 30.3 Å². The number of rotatable bonds is 4. The topological polar surface area (TPSA) is 62.3 Å². The van der Waals surface area contributed by atoms with Crippen LogP contribution < -0.4 is 5.32 Å². The van der Waals surface area contributed by atoms with Gasteiger partial charge in [-0.15, -0.1) is 11.3 Å². The second kappa shape index (κ2) is 8.53. The number of benzene rings is 2. The van der Waals surface area contributed by atoms with Crippen LogP contribution in [0.5, 0.6) is 0 Å². The Morgan fingerprint density at radius 3 is 2.62 bits per heavy atom. The Kier molecular flexibility index (Phi) is 5.67. The van der Waals surface area contributed by atoms with E-state index in [1.54, 1.807) is 4.90 Å². The van der Waals surface area contributed by atoms with E-state index in [-0.39, 0.29) is 23.5 Å². The number of thiazole rings is 1. The van der Waals surface area contributed by atoms with Crippen molar-refractivity contribution in [1.29, 1.82) is 0 Å². The highest BCUT2D eigenvalue weighted by atomic mass is 32.1. The van der Waals surface area contributed by atoms with Crippen molar-refractivity contribution in [3.05, 3.63) is 71.4 Å². The Morgan fingerprint density at radius 1 is 1.10 bits per heavy atom. The van der Waals surface area contributed by atoms with Gasteiger partial charge in [0, 0.05) is 29.6 Å². The maximum atomic E-state index is 13.1. The van der Waals surface area contributed by atoms with E-state index in [1.165, 1.54) is 35.6 Å². The zero-order chi connectivity index (χ0) is 20.2. The molecule has 5 nitrogen and oxygen atoms in total. The second-order valence-corrected chi connectivity index (χ2v) is 7.85. The molecule has 2 aromatic carbocycles. The molecule has 2 amide bonds. The molecule has 1 aliphatic heterocycles. The summed E-state index contributed by atoms with van der Waals surface area (Å²) in [6, 6.07) is 15.3. The van der Waals surface area contributed by atoms with Crippen molar-refractivity contribution in [2.45, 2.75) is 12.8 Å². The van der Waals surface area contributed by atoms with Crippen LogP contribution in [-0.4, -0.2) is 34.8 Å². The smallest absolute Gasteiger partial charge is 0.253 e. The molecule has 1 atom stereocenters. The summed E-state index contributed by atoms with van der Waals surface area (Å²) in [7, 11) is 0. The molecule has 3 aromatic rings. The zero-order valence-corrected chi connectivity index (χ0v) is 16.5. The number of likely N-dealkylation sites (tertiary alicyclic amines) is 1. The summed E-state index contributed by atoms with van der Waals surface area (Å²) >= 11 is 1.38. The van der Waals surface area contributed by atoms with Crippen LogP contribution in [0.4, 0.5) is 9.52 Å². The molecule has 1 aliphatic rings. The highest BCUT2D eigenvalue weighted by Gasteiger charge is 2.29. The fraction of sp³-hybridized carbons (Fsp3) is 0.227. The average Bonchev–Trinajstić information content (AvgIpc) is 3.23. The molecule has 2 heterocycles. The Balaban J connectivity index is 1.39. The lowest BCUT2D eigenvalue weighted by molar-refractivity contribution is -0.121. The molecular formula is C22H20FN3O2S. The van der Waals surface area contributed by atoms with Crippen molar-refractivity contribution in [2.24, 2.45) is 5.92 Å². The van der Waals surface area contributed by atoms with Crippen molar-refractivity contribution < 1.29 is 14.0 Å². The number of amides is 2. The summed E-state index contributed by atoms with van der Waals surface area (Å²) in [5.41, 5.74) is 2.25. The number of aromatic nitrogens is 1. The van der Waals surface area contributed by atoms with Crippen molar-refractivity contribution in [3.63, 3.8) is 0 Å². The summed E-state index contributed by atoms with van der Waals surface area (Å²) in [6.07, 6.45) is 1.47. The third kappa shape index (κ3) is 4.51. The van der Waals surface area contributed by atoms with Gasteiger partial charge in [0.2, 0.25) is 5.91 Å². The Hall–Kier alpha value is -3.06. The first-order valence-electron chi connectivity index (χ1n) is 9.47. The van der Waals surface area contributed by atoms with Gasteiger partial charge in [-0.3, -0.25) is 9.59 Å². The predicted octanol–water partition coefficient (Wildman–Crippen LogP) is 4.44. The van der Waals surface area contributed by atoms with Crippen LogP contribution in [0.15, 0.2) is 60.0 Å². The SMILES string of the molecule is O=C(Nc1nc(-c2ccccc2)cs1)C1CCCN(C(=O)c2ccc(F)cc2)C1. The van der Waals surface area contributed by atoms with Crippen LogP contribution in [0.2, 0.25) is 0 Å². The molecule has 4 rings (SSSR count). The van der Waals surface area contributed by atoms with Crippen molar-refractivity contribution in [3.8, 4) is 11.3 Å². The number of nitrogens with one attached hydrogen (secondary N) is 1. The largest absolute Gasteiger partial charge is 0.338 e. The van der Waals surface area contributed by atoms with Crippen LogP contribution in [0.1, 0.15) is 23.2 Å². The van der Waals surface area contributed by atoms with E-state index in [4.69, 9.17) is 0 Å². The number of carbonyl (C=O) groups excluding carboxylic acids is 2. The first kappa shape index (κ1) is 19.3. The molecule has 1 fully saturated rings. The zero-order valence-electron chi connectivity index (χ0n) is 15.7. The third-order valence-corrected chi connectivity index (χ3v) is 5.73. The van der Waals surface area contributed by atoms with E-state index in [2.05, 4.69) is 10.3 Å².